The monoisotopic (exact) mass is 452 g/mol. The molecule has 0 bridgehead atoms. The molecular weight excluding hydrogens is 429 g/mol. The number of likely N-dealkylation sites (tertiary alicyclic amines) is 1. The lowest BCUT2D eigenvalue weighted by molar-refractivity contribution is -0.151. The van der Waals surface area contributed by atoms with Gasteiger partial charge >= 0.3 is 12.1 Å². The van der Waals surface area contributed by atoms with Gasteiger partial charge in [0.2, 0.25) is 5.91 Å². The molecule has 1 aliphatic heterocycles. The molecule has 1 amide bonds. The van der Waals surface area contributed by atoms with Gasteiger partial charge in [-0.3, -0.25) is 14.4 Å². The van der Waals surface area contributed by atoms with E-state index in [0.29, 0.717) is 32.5 Å². The Hall–Kier alpha value is -3.24. The molecule has 0 saturated carbocycles. The summed E-state index contributed by atoms with van der Waals surface area (Å²) in [6, 6.07) is 4.19. The van der Waals surface area contributed by atoms with Crippen LogP contribution in [0.25, 0.3) is 11.4 Å². The number of amides is 1. The smallest absolute Gasteiger partial charge is 0.416 e. The lowest BCUT2D eigenvalue weighted by Gasteiger charge is -2.30. The number of halogens is 3. The minimum atomic E-state index is -4.46. The van der Waals surface area contributed by atoms with Crippen molar-refractivity contribution in [2.45, 2.75) is 38.8 Å². The van der Waals surface area contributed by atoms with Crippen LogP contribution in [-0.2, 0) is 26.9 Å². The molecule has 1 N–H and O–H groups in total. The first kappa shape index (κ1) is 23.4. The standard InChI is InChI=1S/C21H23F3N4O4/c1-2-32-20(31)14-9-11-28(12-10-14)17(29)8-7-16-19(30)25-18(27-26-16)13-3-5-15(6-4-13)21(22,23)24/h3-6,14H,2,7-12H2,1H3,(H,25,27,30). The van der Waals surface area contributed by atoms with Gasteiger partial charge < -0.3 is 14.6 Å². The van der Waals surface area contributed by atoms with Crippen LogP contribution in [0.3, 0.4) is 0 Å². The minimum Gasteiger partial charge on any atom is -0.466 e. The van der Waals surface area contributed by atoms with E-state index in [-0.39, 0.29) is 47.7 Å². The van der Waals surface area contributed by atoms with Crippen molar-refractivity contribution in [3.63, 3.8) is 0 Å². The van der Waals surface area contributed by atoms with Crippen LogP contribution in [0.1, 0.15) is 37.4 Å². The van der Waals surface area contributed by atoms with Crippen molar-refractivity contribution in [1.29, 1.82) is 0 Å². The summed E-state index contributed by atoms with van der Waals surface area (Å²) in [5, 5.41) is 7.73. The Morgan fingerprint density at radius 1 is 1.16 bits per heavy atom. The van der Waals surface area contributed by atoms with Gasteiger partial charge in [0.25, 0.3) is 5.56 Å². The fourth-order valence-corrected chi connectivity index (χ4v) is 3.48. The topological polar surface area (TPSA) is 105 Å². The van der Waals surface area contributed by atoms with E-state index in [2.05, 4.69) is 15.2 Å². The Morgan fingerprint density at radius 2 is 1.81 bits per heavy atom. The van der Waals surface area contributed by atoms with E-state index >= 15 is 0 Å². The van der Waals surface area contributed by atoms with Gasteiger partial charge in [0, 0.05) is 31.5 Å². The summed E-state index contributed by atoms with van der Waals surface area (Å²) in [5.41, 5.74) is -1.01. The molecule has 1 aromatic carbocycles. The number of alkyl halides is 3. The zero-order valence-corrected chi connectivity index (χ0v) is 17.4. The fraction of sp³-hybridized carbons (Fsp3) is 0.476. The highest BCUT2D eigenvalue weighted by Crippen LogP contribution is 2.30. The van der Waals surface area contributed by atoms with E-state index in [0.717, 1.165) is 12.1 Å². The Bertz CT molecular complexity index is 1010. The SMILES string of the molecule is CCOC(=O)C1CCN(C(=O)CCc2nnc(-c3ccc(C(F)(F)F)cc3)[nH]c2=O)CC1. The molecule has 8 nitrogen and oxygen atoms in total. The fourth-order valence-electron chi connectivity index (χ4n) is 3.48. The third kappa shape index (κ3) is 5.71. The van der Waals surface area contributed by atoms with E-state index in [4.69, 9.17) is 4.74 Å². The van der Waals surface area contributed by atoms with E-state index in [1.807, 2.05) is 0 Å². The number of carbonyl (C=O) groups is 2. The Labute approximate surface area is 181 Å². The maximum absolute atomic E-state index is 12.7. The summed E-state index contributed by atoms with van der Waals surface area (Å²) >= 11 is 0. The van der Waals surface area contributed by atoms with Crippen molar-refractivity contribution in [1.82, 2.24) is 20.1 Å². The van der Waals surface area contributed by atoms with Gasteiger partial charge in [-0.15, -0.1) is 10.2 Å². The Morgan fingerprint density at radius 3 is 2.38 bits per heavy atom. The van der Waals surface area contributed by atoms with Gasteiger partial charge in [-0.1, -0.05) is 12.1 Å². The van der Waals surface area contributed by atoms with Crippen LogP contribution >= 0.6 is 0 Å². The number of ether oxygens (including phenoxy) is 1. The number of rotatable bonds is 6. The zero-order valence-electron chi connectivity index (χ0n) is 17.4. The largest absolute Gasteiger partial charge is 0.466 e. The number of aromatic nitrogens is 3. The molecule has 2 aromatic rings. The predicted octanol–water partition coefficient (Wildman–Crippen LogP) is 2.59. The number of esters is 1. The number of aryl methyl sites for hydroxylation is 1. The van der Waals surface area contributed by atoms with Crippen LogP contribution in [0, 0.1) is 5.92 Å². The first-order valence-electron chi connectivity index (χ1n) is 10.3. The molecule has 0 unspecified atom stereocenters. The van der Waals surface area contributed by atoms with Gasteiger partial charge in [-0.25, -0.2) is 0 Å². The van der Waals surface area contributed by atoms with Gasteiger partial charge in [0.05, 0.1) is 18.1 Å². The molecule has 0 radical (unpaired) electrons. The first-order chi connectivity index (χ1) is 15.2. The number of benzene rings is 1. The zero-order chi connectivity index (χ0) is 23.3. The molecule has 2 heterocycles. The van der Waals surface area contributed by atoms with Crippen LogP contribution in [-0.4, -0.2) is 51.7 Å². The van der Waals surface area contributed by atoms with Crippen LogP contribution in [0.15, 0.2) is 29.1 Å². The summed E-state index contributed by atoms with van der Waals surface area (Å²) in [6.07, 6.45) is -3.25. The van der Waals surface area contributed by atoms with Crippen LogP contribution in [0.4, 0.5) is 13.2 Å². The van der Waals surface area contributed by atoms with Crippen LogP contribution in [0.2, 0.25) is 0 Å². The summed E-state index contributed by atoms with van der Waals surface area (Å²) in [5.74, 6) is -0.555. The number of H-pyrrole nitrogens is 1. The lowest BCUT2D eigenvalue weighted by atomic mass is 9.96. The summed E-state index contributed by atoms with van der Waals surface area (Å²) in [7, 11) is 0. The minimum absolute atomic E-state index is 0.0415. The second kappa shape index (κ2) is 9.92. The van der Waals surface area contributed by atoms with Crippen molar-refractivity contribution in [3.8, 4) is 11.4 Å². The van der Waals surface area contributed by atoms with Crippen LogP contribution in [0.5, 0.6) is 0 Å². The highest BCUT2D eigenvalue weighted by atomic mass is 19.4. The number of nitrogens with zero attached hydrogens (tertiary/aromatic N) is 3. The number of carbonyl (C=O) groups excluding carboxylic acids is 2. The highest BCUT2D eigenvalue weighted by Gasteiger charge is 2.30. The quantitative estimate of drug-likeness (QED) is 0.676. The molecule has 0 atom stereocenters. The van der Waals surface area contributed by atoms with Crippen LogP contribution < -0.4 is 5.56 Å². The number of aromatic amines is 1. The Kier molecular flexibility index (Phi) is 7.26. The molecule has 1 fully saturated rings. The number of hydrogen-bond acceptors (Lipinski definition) is 6. The molecular formula is C21H23F3N4O4. The van der Waals surface area contributed by atoms with Crippen molar-refractivity contribution in [2.24, 2.45) is 5.92 Å². The molecule has 1 aromatic heterocycles. The number of nitrogens with one attached hydrogen (secondary N) is 1. The van der Waals surface area contributed by atoms with E-state index in [1.54, 1.807) is 11.8 Å². The van der Waals surface area contributed by atoms with Gasteiger partial charge in [0.1, 0.15) is 5.69 Å². The van der Waals surface area contributed by atoms with E-state index in [9.17, 15) is 27.6 Å². The average Bonchev–Trinajstić information content (AvgIpc) is 2.78. The lowest BCUT2D eigenvalue weighted by Crippen LogP contribution is -2.40. The first-order valence-corrected chi connectivity index (χ1v) is 10.3. The van der Waals surface area contributed by atoms with E-state index in [1.165, 1.54) is 12.1 Å². The summed E-state index contributed by atoms with van der Waals surface area (Å²) < 4.78 is 43.0. The molecule has 1 saturated heterocycles. The molecule has 0 aliphatic carbocycles. The van der Waals surface area contributed by atoms with Crippen molar-refractivity contribution >= 4 is 11.9 Å². The molecule has 0 spiro atoms. The molecule has 32 heavy (non-hydrogen) atoms. The highest BCUT2D eigenvalue weighted by molar-refractivity contribution is 5.77. The number of hydrogen-bond donors (Lipinski definition) is 1. The molecule has 1 aliphatic rings. The van der Waals surface area contributed by atoms with Gasteiger partial charge in [-0.2, -0.15) is 13.2 Å². The maximum Gasteiger partial charge on any atom is 0.416 e. The Balaban J connectivity index is 1.56. The van der Waals surface area contributed by atoms with Crippen molar-refractivity contribution < 1.29 is 27.5 Å². The molecule has 172 valence electrons. The van der Waals surface area contributed by atoms with E-state index < -0.39 is 17.3 Å². The second-order valence-corrected chi connectivity index (χ2v) is 7.43. The average molecular weight is 452 g/mol. The van der Waals surface area contributed by atoms with Crippen molar-refractivity contribution in [3.05, 3.63) is 45.9 Å². The number of piperidine rings is 1. The second-order valence-electron chi connectivity index (χ2n) is 7.43. The predicted molar refractivity (Wildman–Crippen MR) is 107 cm³/mol. The third-order valence-electron chi connectivity index (χ3n) is 5.29. The third-order valence-corrected chi connectivity index (χ3v) is 5.29. The molecule has 11 heteroatoms. The summed E-state index contributed by atoms with van der Waals surface area (Å²) in [4.78, 5) is 40.7. The normalized spacial score (nSPS) is 14.9. The van der Waals surface area contributed by atoms with Gasteiger partial charge in [0.15, 0.2) is 5.82 Å². The molecule has 3 rings (SSSR count). The maximum atomic E-state index is 12.7. The van der Waals surface area contributed by atoms with Crippen molar-refractivity contribution in [2.75, 3.05) is 19.7 Å². The van der Waals surface area contributed by atoms with Gasteiger partial charge in [-0.05, 0) is 31.9 Å². The summed E-state index contributed by atoms with van der Waals surface area (Å²) in [6.45, 7) is 2.96.